The monoisotopic (exact) mass is 439 g/mol. The van der Waals surface area contributed by atoms with E-state index in [1.54, 1.807) is 30.7 Å². The summed E-state index contributed by atoms with van der Waals surface area (Å²) in [5, 5.41) is 14.8. The Kier molecular flexibility index (Phi) is 4.58. The van der Waals surface area contributed by atoms with Gasteiger partial charge in [0.05, 0.1) is 36.1 Å². The lowest BCUT2D eigenvalue weighted by atomic mass is 9.86. The number of hydrogen-bond acceptors (Lipinski definition) is 7. The van der Waals surface area contributed by atoms with Crippen LogP contribution in [-0.4, -0.2) is 34.8 Å². The molecule has 2 aromatic heterocycles. The summed E-state index contributed by atoms with van der Waals surface area (Å²) in [6, 6.07) is 4.57. The van der Waals surface area contributed by atoms with Crippen molar-refractivity contribution in [1.29, 1.82) is 0 Å². The van der Waals surface area contributed by atoms with Crippen LogP contribution in [0, 0.1) is 5.82 Å². The Morgan fingerprint density at radius 1 is 1.31 bits per heavy atom. The summed E-state index contributed by atoms with van der Waals surface area (Å²) in [6.07, 6.45) is 0.0652. The van der Waals surface area contributed by atoms with Gasteiger partial charge in [0.15, 0.2) is 17.2 Å². The predicted octanol–water partition coefficient (Wildman–Crippen LogP) is 1.95. The van der Waals surface area contributed by atoms with E-state index in [1.807, 2.05) is 0 Å². The molecule has 5 rings (SSSR count). The second-order valence-electron chi connectivity index (χ2n) is 8.05. The molecule has 166 valence electrons. The molecule has 9 heteroatoms. The van der Waals surface area contributed by atoms with E-state index >= 15 is 0 Å². The number of cyclic esters (lactones) is 1. The number of rotatable bonds is 4. The second-order valence-corrected chi connectivity index (χ2v) is 8.05. The summed E-state index contributed by atoms with van der Waals surface area (Å²) in [6.45, 7) is 2.21. The molecular weight excluding hydrogens is 417 g/mol. The molecule has 1 aromatic carbocycles. The molecule has 0 amide bonds. The number of fused-ring (bicyclic) bond motifs is 5. The number of halogens is 1. The van der Waals surface area contributed by atoms with Crippen LogP contribution in [0.4, 0.5) is 4.39 Å². The maximum Gasteiger partial charge on any atom is 0.343 e. The third kappa shape index (κ3) is 2.64. The maximum atomic E-state index is 14.4. The molecule has 32 heavy (non-hydrogen) atoms. The van der Waals surface area contributed by atoms with E-state index in [1.165, 1.54) is 13.2 Å². The van der Waals surface area contributed by atoms with Crippen molar-refractivity contribution in [2.45, 2.75) is 38.6 Å². The van der Waals surface area contributed by atoms with Crippen LogP contribution < -0.4 is 15.6 Å². The quantitative estimate of drug-likeness (QED) is 0.469. The Labute approximate surface area is 182 Å². The van der Waals surface area contributed by atoms with Gasteiger partial charge in [-0.15, -0.1) is 0 Å². The van der Waals surface area contributed by atoms with E-state index in [0.29, 0.717) is 23.4 Å². The van der Waals surface area contributed by atoms with E-state index in [0.717, 1.165) is 16.5 Å². The average molecular weight is 439 g/mol. The van der Waals surface area contributed by atoms with Crippen molar-refractivity contribution in [3.8, 4) is 17.1 Å². The molecule has 0 saturated carbocycles. The number of nitrogens with zero attached hydrogens (tertiary/aromatic N) is 2. The number of esters is 1. The molecule has 0 bridgehead atoms. The minimum atomic E-state index is -1.89. The lowest BCUT2D eigenvalue weighted by Gasteiger charge is -2.31. The Hall–Kier alpha value is -3.30. The topological polar surface area (TPSA) is 103 Å². The zero-order valence-electron chi connectivity index (χ0n) is 17.9. The zero-order chi connectivity index (χ0) is 22.8. The molecule has 0 saturated heterocycles. The maximum absolute atomic E-state index is 14.4. The highest BCUT2D eigenvalue weighted by Crippen LogP contribution is 2.40. The summed E-state index contributed by atoms with van der Waals surface area (Å²) in [7, 11) is 3.21. The number of carbonyl (C=O) groups excluding carboxylic acids is 1. The van der Waals surface area contributed by atoms with Gasteiger partial charge in [-0.05, 0) is 31.2 Å². The van der Waals surface area contributed by atoms with Crippen molar-refractivity contribution in [3.05, 3.63) is 56.6 Å². The van der Waals surface area contributed by atoms with Crippen LogP contribution in [0.25, 0.3) is 22.3 Å². The Morgan fingerprint density at radius 2 is 2.09 bits per heavy atom. The first-order valence-electron chi connectivity index (χ1n) is 10.3. The molecule has 0 radical (unpaired) electrons. The van der Waals surface area contributed by atoms with Crippen LogP contribution in [0.5, 0.6) is 5.75 Å². The van der Waals surface area contributed by atoms with Crippen molar-refractivity contribution in [1.82, 2.24) is 14.9 Å². The van der Waals surface area contributed by atoms with Crippen LogP contribution in [0.15, 0.2) is 23.0 Å². The van der Waals surface area contributed by atoms with E-state index in [-0.39, 0.29) is 42.0 Å². The van der Waals surface area contributed by atoms with Crippen LogP contribution in [0.2, 0.25) is 0 Å². The smallest absolute Gasteiger partial charge is 0.343 e. The third-order valence-electron chi connectivity index (χ3n) is 6.43. The fourth-order valence-electron chi connectivity index (χ4n) is 4.70. The fourth-order valence-corrected chi connectivity index (χ4v) is 4.70. The molecular formula is C23H22FN3O5. The first kappa shape index (κ1) is 20.6. The molecule has 0 spiro atoms. The lowest BCUT2D eigenvalue weighted by Crippen LogP contribution is -2.44. The summed E-state index contributed by atoms with van der Waals surface area (Å²) < 4.78 is 26.3. The molecule has 0 fully saturated rings. The largest absolute Gasteiger partial charge is 0.494 e. The molecule has 0 aliphatic carbocycles. The van der Waals surface area contributed by atoms with Gasteiger partial charge in [0.2, 0.25) is 0 Å². The lowest BCUT2D eigenvalue weighted by molar-refractivity contribution is -0.172. The average Bonchev–Trinajstić information content (AvgIpc) is 3.15. The van der Waals surface area contributed by atoms with Crippen molar-refractivity contribution < 1.29 is 23.8 Å². The number of hydrogen-bond donors (Lipinski definition) is 2. The third-order valence-corrected chi connectivity index (χ3v) is 6.43. The molecule has 4 heterocycles. The van der Waals surface area contributed by atoms with Gasteiger partial charge in [-0.1, -0.05) is 6.92 Å². The van der Waals surface area contributed by atoms with Crippen LogP contribution in [0.1, 0.15) is 35.6 Å². The summed E-state index contributed by atoms with van der Waals surface area (Å²) >= 11 is 0. The highest BCUT2D eigenvalue weighted by molar-refractivity contribution is 5.90. The fraction of sp³-hybridized carbons (Fsp3) is 0.348. The number of aliphatic hydroxyl groups is 1. The number of nitrogens with one attached hydrogen (secondary N) is 1. The first-order valence-corrected chi connectivity index (χ1v) is 10.3. The first-order chi connectivity index (χ1) is 15.3. The molecule has 2 aliphatic rings. The molecule has 8 nitrogen and oxygen atoms in total. The number of carbonyl (C=O) groups is 1. The van der Waals surface area contributed by atoms with Gasteiger partial charge in [0.25, 0.3) is 5.56 Å². The van der Waals surface area contributed by atoms with Gasteiger partial charge in [-0.2, -0.15) is 0 Å². The van der Waals surface area contributed by atoms with Crippen LogP contribution in [-0.2, 0) is 34.8 Å². The summed E-state index contributed by atoms with van der Waals surface area (Å²) in [5.41, 5.74) is 1.43. The molecule has 2 aliphatic heterocycles. The van der Waals surface area contributed by atoms with Crippen molar-refractivity contribution in [2.24, 2.45) is 0 Å². The molecule has 3 aromatic rings. The zero-order valence-corrected chi connectivity index (χ0v) is 17.9. The highest BCUT2D eigenvalue weighted by atomic mass is 19.1. The van der Waals surface area contributed by atoms with Crippen molar-refractivity contribution >= 4 is 16.9 Å². The van der Waals surface area contributed by atoms with Crippen molar-refractivity contribution in [3.63, 3.8) is 0 Å². The Balaban J connectivity index is 1.83. The van der Waals surface area contributed by atoms with Gasteiger partial charge in [0, 0.05) is 29.1 Å². The number of aromatic nitrogens is 2. The molecule has 0 unspecified atom stereocenters. The minimum absolute atomic E-state index is 0.0652. The Bertz CT molecular complexity index is 1370. The van der Waals surface area contributed by atoms with Gasteiger partial charge in [-0.3, -0.25) is 4.79 Å². The van der Waals surface area contributed by atoms with Gasteiger partial charge in [0.1, 0.15) is 6.61 Å². The predicted molar refractivity (Wildman–Crippen MR) is 114 cm³/mol. The van der Waals surface area contributed by atoms with E-state index in [2.05, 4.69) is 10.3 Å². The van der Waals surface area contributed by atoms with Crippen LogP contribution >= 0.6 is 0 Å². The van der Waals surface area contributed by atoms with E-state index < -0.39 is 17.4 Å². The highest BCUT2D eigenvalue weighted by Gasteiger charge is 2.45. The second kappa shape index (κ2) is 7.11. The van der Waals surface area contributed by atoms with Crippen molar-refractivity contribution in [2.75, 3.05) is 14.2 Å². The standard InChI is InChI=1S/C23H22FN3O5/c1-4-23(30)15-6-18-20-13(9-27(18)21(28)14(15)10-32-22(23)29)12(8-25-2)11-5-19(31-3)16(24)7-17(11)26-20/h5-7,25,30H,4,8-10H2,1-3H3/t23-/m0/s1. The number of methoxy groups -OCH3 is 1. The van der Waals surface area contributed by atoms with Gasteiger partial charge >= 0.3 is 5.97 Å². The minimum Gasteiger partial charge on any atom is -0.494 e. The number of benzene rings is 1. The normalized spacial score (nSPS) is 18.8. The van der Waals surface area contributed by atoms with Gasteiger partial charge < -0.3 is 24.5 Å². The van der Waals surface area contributed by atoms with Gasteiger partial charge in [-0.25, -0.2) is 14.2 Å². The number of ether oxygens (including phenoxy) is 2. The summed E-state index contributed by atoms with van der Waals surface area (Å²) in [4.78, 5) is 30.3. The van der Waals surface area contributed by atoms with E-state index in [9.17, 15) is 19.1 Å². The summed E-state index contributed by atoms with van der Waals surface area (Å²) in [5.74, 6) is -1.19. The SMILES string of the molecule is CC[C@@]1(O)C(=O)OCc2c1cc1n(c2=O)Cc2c-1nc1cc(F)c(OC)cc1c2CNC. The number of pyridine rings is 2. The Morgan fingerprint density at radius 3 is 2.78 bits per heavy atom. The van der Waals surface area contributed by atoms with Crippen LogP contribution in [0.3, 0.4) is 0 Å². The van der Waals surface area contributed by atoms with E-state index in [4.69, 9.17) is 9.47 Å². The molecule has 2 N–H and O–H groups in total. The molecule has 1 atom stereocenters.